The van der Waals surface area contributed by atoms with E-state index in [1.165, 1.54) is 0 Å². The molecule has 0 saturated carbocycles. The minimum absolute atomic E-state index is 0.315. The van der Waals surface area contributed by atoms with Gasteiger partial charge < -0.3 is 5.11 Å². The van der Waals surface area contributed by atoms with Gasteiger partial charge in [0, 0.05) is 4.92 Å². The molecule has 0 aromatic rings. The second kappa shape index (κ2) is 4.22. The molecule has 60 valence electrons. The predicted octanol–water partition coefficient (Wildman–Crippen LogP) is 0.670. The van der Waals surface area contributed by atoms with Gasteiger partial charge in [-0.25, -0.2) is 0 Å². The van der Waals surface area contributed by atoms with E-state index in [0.29, 0.717) is 12.3 Å². The molecule has 0 aliphatic carbocycles. The van der Waals surface area contributed by atoms with E-state index in [2.05, 4.69) is 0 Å². The largest absolute Gasteiger partial charge is 0.386 e. The maximum atomic E-state index is 9.84. The van der Waals surface area contributed by atoms with Crippen LogP contribution < -0.4 is 0 Å². The smallest absolute Gasteiger partial charge is 0.229 e. The Balaban J connectivity index is 3.43. The molecule has 0 spiro atoms. The van der Waals surface area contributed by atoms with Crippen LogP contribution >= 0.6 is 0 Å². The van der Waals surface area contributed by atoms with E-state index < -0.39 is 11.0 Å². The van der Waals surface area contributed by atoms with Crippen LogP contribution in [0.15, 0.2) is 0 Å². The van der Waals surface area contributed by atoms with Crippen LogP contribution in [0.4, 0.5) is 0 Å². The molecule has 1 N–H and O–H groups in total. The third-order valence-corrected chi connectivity index (χ3v) is 1.10. The third kappa shape index (κ3) is 5.50. The summed E-state index contributed by atoms with van der Waals surface area (Å²) in [5.41, 5.74) is 0. The maximum absolute atomic E-state index is 9.84. The molecule has 0 unspecified atom stereocenters. The van der Waals surface area contributed by atoms with Crippen molar-refractivity contribution in [3.05, 3.63) is 10.1 Å². The van der Waals surface area contributed by atoms with Gasteiger partial charge in [-0.15, -0.1) is 0 Å². The van der Waals surface area contributed by atoms with Gasteiger partial charge in [0.25, 0.3) is 0 Å². The van der Waals surface area contributed by atoms with Gasteiger partial charge in [0.05, 0.1) is 0 Å². The molecule has 0 radical (unpaired) electrons. The highest BCUT2D eigenvalue weighted by Crippen LogP contribution is 2.03. The average molecular weight is 147 g/mol. The summed E-state index contributed by atoms with van der Waals surface area (Å²) < 4.78 is 0. The van der Waals surface area contributed by atoms with Crippen molar-refractivity contribution in [2.75, 3.05) is 6.54 Å². The normalized spacial score (nSPS) is 13.6. The fourth-order valence-electron chi connectivity index (χ4n) is 0.791. The first-order valence-corrected chi connectivity index (χ1v) is 3.32. The van der Waals surface area contributed by atoms with Gasteiger partial charge in [0.2, 0.25) is 6.54 Å². The lowest BCUT2D eigenvalue weighted by atomic mass is 10.1. The Labute approximate surface area is 60.0 Å². The summed E-state index contributed by atoms with van der Waals surface area (Å²) in [5, 5.41) is 18.8. The van der Waals surface area contributed by atoms with Crippen molar-refractivity contribution < 1.29 is 10.0 Å². The topological polar surface area (TPSA) is 63.4 Å². The first-order valence-electron chi connectivity index (χ1n) is 3.32. The second-order valence-electron chi connectivity index (χ2n) is 2.80. The van der Waals surface area contributed by atoms with Crippen molar-refractivity contribution in [1.82, 2.24) is 0 Å². The van der Waals surface area contributed by atoms with Crippen LogP contribution in [-0.4, -0.2) is 22.7 Å². The van der Waals surface area contributed by atoms with Gasteiger partial charge in [-0.3, -0.25) is 10.1 Å². The molecular formula is C6H13NO3. The molecule has 0 aromatic heterocycles. The highest BCUT2D eigenvalue weighted by molar-refractivity contribution is 4.55. The molecular weight excluding hydrogens is 134 g/mol. The standard InChI is InChI=1S/C6H13NO3/c1-5(2)3-6(8)4-7(9)10/h5-6,8H,3-4H2,1-2H3/t6-/m0/s1. The third-order valence-electron chi connectivity index (χ3n) is 1.10. The number of hydrogen-bond acceptors (Lipinski definition) is 3. The van der Waals surface area contributed by atoms with Crippen LogP contribution in [0, 0.1) is 16.0 Å². The van der Waals surface area contributed by atoms with E-state index in [0.717, 1.165) is 0 Å². The predicted molar refractivity (Wildman–Crippen MR) is 37.3 cm³/mol. The monoisotopic (exact) mass is 147 g/mol. The number of rotatable bonds is 4. The summed E-state index contributed by atoms with van der Waals surface area (Å²) in [4.78, 5) is 9.34. The molecule has 4 heteroatoms. The molecule has 0 heterocycles. The zero-order chi connectivity index (χ0) is 8.15. The Morgan fingerprint density at radius 1 is 1.60 bits per heavy atom. The fourth-order valence-corrected chi connectivity index (χ4v) is 0.791. The molecule has 0 aliphatic rings. The minimum Gasteiger partial charge on any atom is -0.386 e. The SMILES string of the molecule is CC(C)C[C@H](O)C[N+](=O)[O-]. The van der Waals surface area contributed by atoms with E-state index in [1.807, 2.05) is 13.8 Å². The van der Waals surface area contributed by atoms with Crippen molar-refractivity contribution in [2.24, 2.45) is 5.92 Å². The van der Waals surface area contributed by atoms with Gasteiger partial charge in [0.15, 0.2) is 0 Å². The summed E-state index contributed by atoms with van der Waals surface area (Å²) >= 11 is 0. The molecule has 0 aliphatic heterocycles. The van der Waals surface area contributed by atoms with Crippen molar-refractivity contribution in [3.8, 4) is 0 Å². The molecule has 0 saturated heterocycles. The Bertz CT molecular complexity index is 114. The van der Waals surface area contributed by atoms with Crippen LogP contribution in [0.2, 0.25) is 0 Å². The Morgan fingerprint density at radius 2 is 2.10 bits per heavy atom. The number of nitro groups is 1. The first-order chi connectivity index (χ1) is 4.52. The summed E-state index contributed by atoms with van der Waals surface area (Å²) in [7, 11) is 0. The number of hydrogen-bond donors (Lipinski definition) is 1. The van der Waals surface area contributed by atoms with Crippen LogP contribution in [0.1, 0.15) is 20.3 Å². The van der Waals surface area contributed by atoms with E-state index >= 15 is 0 Å². The van der Waals surface area contributed by atoms with Crippen LogP contribution in [-0.2, 0) is 0 Å². The quantitative estimate of drug-likeness (QED) is 0.469. The molecule has 0 amide bonds. The van der Waals surface area contributed by atoms with Gasteiger partial charge in [-0.2, -0.15) is 0 Å². The van der Waals surface area contributed by atoms with E-state index in [9.17, 15) is 10.1 Å². The zero-order valence-corrected chi connectivity index (χ0v) is 6.28. The highest BCUT2D eigenvalue weighted by atomic mass is 16.6. The van der Waals surface area contributed by atoms with Crippen molar-refractivity contribution in [2.45, 2.75) is 26.4 Å². The van der Waals surface area contributed by atoms with Gasteiger partial charge in [-0.05, 0) is 12.3 Å². The molecule has 0 fully saturated rings. The first kappa shape index (κ1) is 9.36. The van der Waals surface area contributed by atoms with E-state index in [-0.39, 0.29) is 6.54 Å². The highest BCUT2D eigenvalue weighted by Gasteiger charge is 2.12. The Kier molecular flexibility index (Phi) is 3.95. The maximum Gasteiger partial charge on any atom is 0.229 e. The van der Waals surface area contributed by atoms with E-state index in [4.69, 9.17) is 5.11 Å². The summed E-state index contributed by atoms with van der Waals surface area (Å²) in [5.74, 6) is 0.315. The zero-order valence-electron chi connectivity index (χ0n) is 6.28. The summed E-state index contributed by atoms with van der Waals surface area (Å²) in [6.45, 7) is 3.50. The fraction of sp³-hybridized carbons (Fsp3) is 1.00. The summed E-state index contributed by atoms with van der Waals surface area (Å²) in [6.07, 6.45) is -0.281. The molecule has 4 nitrogen and oxygen atoms in total. The molecule has 0 aromatic carbocycles. The minimum atomic E-state index is -0.782. The lowest BCUT2D eigenvalue weighted by Gasteiger charge is -2.07. The van der Waals surface area contributed by atoms with Crippen LogP contribution in [0.25, 0.3) is 0 Å². The van der Waals surface area contributed by atoms with Gasteiger partial charge in [0.1, 0.15) is 6.10 Å². The van der Waals surface area contributed by atoms with Crippen molar-refractivity contribution >= 4 is 0 Å². The van der Waals surface area contributed by atoms with Gasteiger partial charge in [-0.1, -0.05) is 13.8 Å². The second-order valence-corrected chi connectivity index (χ2v) is 2.80. The van der Waals surface area contributed by atoms with Crippen molar-refractivity contribution in [3.63, 3.8) is 0 Å². The molecule has 10 heavy (non-hydrogen) atoms. The van der Waals surface area contributed by atoms with Crippen LogP contribution in [0.3, 0.4) is 0 Å². The summed E-state index contributed by atoms with van der Waals surface area (Å²) in [6, 6.07) is 0. The average Bonchev–Trinajstić information content (AvgIpc) is 1.58. The van der Waals surface area contributed by atoms with E-state index in [1.54, 1.807) is 0 Å². The number of aliphatic hydroxyl groups is 1. The molecule has 0 rings (SSSR count). The van der Waals surface area contributed by atoms with Crippen molar-refractivity contribution in [1.29, 1.82) is 0 Å². The molecule has 0 bridgehead atoms. The Hall–Kier alpha value is -0.640. The molecule has 1 atom stereocenters. The van der Waals surface area contributed by atoms with Gasteiger partial charge >= 0.3 is 0 Å². The number of aliphatic hydroxyl groups excluding tert-OH is 1. The lowest BCUT2D eigenvalue weighted by molar-refractivity contribution is -0.490. The Morgan fingerprint density at radius 3 is 2.40 bits per heavy atom. The number of nitrogens with zero attached hydrogens (tertiary/aromatic N) is 1. The van der Waals surface area contributed by atoms with Crippen LogP contribution in [0.5, 0.6) is 0 Å². The lowest BCUT2D eigenvalue weighted by Crippen LogP contribution is -2.20.